The molecular weight excluding hydrogens is 452 g/mol. The maximum Gasteiger partial charge on any atom is 0.264 e. The maximum absolute atomic E-state index is 13.1. The van der Waals surface area contributed by atoms with Gasteiger partial charge >= 0.3 is 0 Å². The van der Waals surface area contributed by atoms with Crippen LogP contribution in [0.15, 0.2) is 65.8 Å². The number of benzene rings is 2. The van der Waals surface area contributed by atoms with Crippen LogP contribution in [0.3, 0.4) is 0 Å². The fraction of sp³-hybridized carbons (Fsp3) is 0.357. The fourth-order valence-corrected chi connectivity index (χ4v) is 4.97. The lowest BCUT2D eigenvalue weighted by Crippen LogP contribution is -2.40. The molecule has 5 rings (SSSR count). The summed E-state index contributed by atoms with van der Waals surface area (Å²) in [6.45, 7) is 4.94. The largest absolute Gasteiger partial charge is 0.370 e. The number of hydrogen-bond acceptors (Lipinski definition) is 5. The number of aromatic nitrogens is 4. The Morgan fingerprint density at radius 3 is 2.53 bits per heavy atom. The molecule has 0 aliphatic carbocycles. The van der Waals surface area contributed by atoms with Gasteiger partial charge in [-0.05, 0) is 61.1 Å². The van der Waals surface area contributed by atoms with Crippen molar-refractivity contribution in [3.05, 3.63) is 88.1 Å². The minimum atomic E-state index is -0.0564. The van der Waals surface area contributed by atoms with E-state index in [0.29, 0.717) is 42.1 Å². The predicted molar refractivity (Wildman–Crippen MR) is 141 cm³/mol. The molecule has 1 saturated heterocycles. The zero-order chi connectivity index (χ0) is 25.2. The highest BCUT2D eigenvalue weighted by Crippen LogP contribution is 2.23. The number of piperidine rings is 1. The number of aryl methyl sites for hydroxylation is 2. The minimum Gasteiger partial charge on any atom is -0.370 e. The van der Waals surface area contributed by atoms with Crippen molar-refractivity contribution in [1.82, 2.24) is 24.2 Å². The van der Waals surface area contributed by atoms with Crippen molar-refractivity contribution in [3.63, 3.8) is 0 Å². The Hall–Kier alpha value is -3.94. The number of carbonyl (C=O) groups excluding carboxylic acids is 1. The van der Waals surface area contributed by atoms with E-state index >= 15 is 0 Å². The van der Waals surface area contributed by atoms with Gasteiger partial charge in [0.2, 0.25) is 0 Å². The highest BCUT2D eigenvalue weighted by molar-refractivity contribution is 5.94. The van der Waals surface area contributed by atoms with Crippen molar-refractivity contribution < 1.29 is 4.79 Å². The Balaban J connectivity index is 1.17. The Kier molecular flexibility index (Phi) is 6.59. The first-order valence-corrected chi connectivity index (χ1v) is 12.4. The molecule has 2 aromatic carbocycles. The van der Waals surface area contributed by atoms with Crippen molar-refractivity contribution >= 4 is 22.6 Å². The summed E-state index contributed by atoms with van der Waals surface area (Å²) >= 11 is 0. The minimum absolute atomic E-state index is 0.0564. The van der Waals surface area contributed by atoms with Gasteiger partial charge in [0, 0.05) is 51.5 Å². The van der Waals surface area contributed by atoms with Gasteiger partial charge in [0.15, 0.2) is 5.65 Å². The van der Waals surface area contributed by atoms with Crippen LogP contribution in [0, 0.1) is 12.8 Å². The molecule has 2 aromatic heterocycles. The Labute approximate surface area is 210 Å². The lowest BCUT2D eigenvalue weighted by molar-refractivity contribution is 0.0682. The van der Waals surface area contributed by atoms with Crippen LogP contribution in [0.2, 0.25) is 0 Å². The first-order chi connectivity index (χ1) is 17.4. The number of likely N-dealkylation sites (tertiary alicyclic amines) is 1. The molecule has 0 saturated carbocycles. The van der Waals surface area contributed by atoms with Crippen molar-refractivity contribution in [3.8, 4) is 0 Å². The normalized spacial score (nSPS) is 14.4. The molecule has 0 spiro atoms. The van der Waals surface area contributed by atoms with Crippen LogP contribution < -0.4 is 10.5 Å². The van der Waals surface area contributed by atoms with Gasteiger partial charge in [0.25, 0.3) is 11.5 Å². The Bertz CT molecular complexity index is 1430. The number of carbonyl (C=O) groups is 1. The molecule has 1 fully saturated rings. The standard InChI is InChI=1S/C28H32N6O2/c1-20-6-4-5-7-23(20)18-31(2)24-10-8-22(9-11-24)27(35)33-14-12-21(13-15-33)17-34-19-29-26-25(28(34)36)16-30-32(26)3/h4-11,16,19,21H,12-15,17-18H2,1-3H3. The predicted octanol–water partition coefficient (Wildman–Crippen LogP) is 3.63. The number of hydrogen-bond donors (Lipinski definition) is 0. The molecular formula is C28H32N6O2. The van der Waals surface area contributed by atoms with E-state index in [1.807, 2.05) is 29.2 Å². The summed E-state index contributed by atoms with van der Waals surface area (Å²) in [5, 5.41) is 4.68. The topological polar surface area (TPSA) is 76.3 Å². The van der Waals surface area contributed by atoms with E-state index < -0.39 is 0 Å². The maximum atomic E-state index is 13.1. The van der Waals surface area contributed by atoms with Crippen LogP contribution in [0.4, 0.5) is 5.69 Å². The van der Waals surface area contributed by atoms with E-state index in [1.54, 1.807) is 28.8 Å². The van der Waals surface area contributed by atoms with Crippen LogP contribution in [-0.4, -0.2) is 50.3 Å². The average Bonchev–Trinajstić information content (AvgIpc) is 3.28. The molecule has 8 heteroatoms. The van der Waals surface area contributed by atoms with Crippen molar-refractivity contribution in [2.75, 3.05) is 25.0 Å². The lowest BCUT2D eigenvalue weighted by Gasteiger charge is -2.32. The molecule has 36 heavy (non-hydrogen) atoms. The fourth-order valence-electron chi connectivity index (χ4n) is 4.97. The Morgan fingerprint density at radius 1 is 1.08 bits per heavy atom. The molecule has 1 amide bonds. The van der Waals surface area contributed by atoms with Gasteiger partial charge in [-0.2, -0.15) is 5.10 Å². The van der Waals surface area contributed by atoms with E-state index in [-0.39, 0.29) is 11.5 Å². The molecule has 0 radical (unpaired) electrons. The second-order valence-corrected chi connectivity index (χ2v) is 9.77. The van der Waals surface area contributed by atoms with E-state index in [1.165, 1.54) is 11.1 Å². The van der Waals surface area contributed by atoms with E-state index in [2.05, 4.69) is 53.2 Å². The van der Waals surface area contributed by atoms with Gasteiger partial charge < -0.3 is 9.80 Å². The van der Waals surface area contributed by atoms with Crippen molar-refractivity contribution in [1.29, 1.82) is 0 Å². The van der Waals surface area contributed by atoms with Crippen LogP contribution >= 0.6 is 0 Å². The second kappa shape index (κ2) is 9.97. The quantitative estimate of drug-likeness (QED) is 0.418. The molecule has 3 heterocycles. The zero-order valence-electron chi connectivity index (χ0n) is 21.1. The number of fused-ring (bicyclic) bond motifs is 1. The number of anilines is 1. The van der Waals surface area contributed by atoms with Crippen LogP contribution in [0.25, 0.3) is 11.0 Å². The third-order valence-electron chi connectivity index (χ3n) is 7.30. The third-order valence-corrected chi connectivity index (χ3v) is 7.30. The van der Waals surface area contributed by atoms with Crippen LogP contribution in [0.1, 0.15) is 34.3 Å². The summed E-state index contributed by atoms with van der Waals surface area (Å²) in [5.41, 5.74) is 4.91. The highest BCUT2D eigenvalue weighted by atomic mass is 16.2. The molecule has 4 aromatic rings. The summed E-state index contributed by atoms with van der Waals surface area (Å²) in [4.78, 5) is 34.4. The van der Waals surface area contributed by atoms with Gasteiger partial charge in [-0.15, -0.1) is 0 Å². The first-order valence-electron chi connectivity index (χ1n) is 12.4. The average molecular weight is 485 g/mol. The Morgan fingerprint density at radius 2 is 1.81 bits per heavy atom. The summed E-state index contributed by atoms with van der Waals surface area (Å²) in [6, 6.07) is 16.3. The van der Waals surface area contributed by atoms with E-state index in [0.717, 1.165) is 25.1 Å². The summed E-state index contributed by atoms with van der Waals surface area (Å²) < 4.78 is 3.29. The molecule has 8 nitrogen and oxygen atoms in total. The highest BCUT2D eigenvalue weighted by Gasteiger charge is 2.24. The lowest BCUT2D eigenvalue weighted by atomic mass is 9.96. The van der Waals surface area contributed by atoms with Gasteiger partial charge in [-0.1, -0.05) is 24.3 Å². The summed E-state index contributed by atoms with van der Waals surface area (Å²) in [5.74, 6) is 0.400. The smallest absolute Gasteiger partial charge is 0.264 e. The summed E-state index contributed by atoms with van der Waals surface area (Å²) in [6.07, 6.45) is 4.91. The van der Waals surface area contributed by atoms with E-state index in [4.69, 9.17) is 0 Å². The van der Waals surface area contributed by atoms with E-state index in [9.17, 15) is 9.59 Å². The molecule has 0 atom stereocenters. The van der Waals surface area contributed by atoms with Crippen molar-refractivity contribution in [2.24, 2.45) is 13.0 Å². The number of rotatable bonds is 6. The van der Waals surface area contributed by atoms with Gasteiger partial charge in [-0.25, -0.2) is 4.98 Å². The number of nitrogens with zero attached hydrogens (tertiary/aromatic N) is 6. The van der Waals surface area contributed by atoms with Gasteiger partial charge in [-0.3, -0.25) is 18.8 Å². The molecule has 1 aliphatic heterocycles. The van der Waals surface area contributed by atoms with Crippen LogP contribution in [0.5, 0.6) is 0 Å². The van der Waals surface area contributed by atoms with Gasteiger partial charge in [0.05, 0.1) is 12.5 Å². The second-order valence-electron chi connectivity index (χ2n) is 9.77. The zero-order valence-corrected chi connectivity index (χ0v) is 21.1. The molecule has 0 bridgehead atoms. The SMILES string of the molecule is Cc1ccccc1CN(C)c1ccc(C(=O)N2CCC(Cn3cnc4c(cnn4C)c3=O)CC2)cc1. The van der Waals surface area contributed by atoms with Crippen LogP contribution in [-0.2, 0) is 20.1 Å². The molecule has 186 valence electrons. The molecule has 0 unspecified atom stereocenters. The van der Waals surface area contributed by atoms with Crippen molar-refractivity contribution in [2.45, 2.75) is 32.9 Å². The van der Waals surface area contributed by atoms with Gasteiger partial charge in [0.1, 0.15) is 5.39 Å². The monoisotopic (exact) mass is 484 g/mol. The third kappa shape index (κ3) is 4.76. The molecule has 0 N–H and O–H groups in total. The molecule has 1 aliphatic rings. The first kappa shape index (κ1) is 23.8. The summed E-state index contributed by atoms with van der Waals surface area (Å²) in [7, 11) is 3.85. The number of amides is 1.